The van der Waals surface area contributed by atoms with Crippen LogP contribution in [0.4, 0.5) is 10.0 Å². The molecular weight excluding hydrogens is 689 g/mol. The zero-order chi connectivity index (χ0) is 37.0. The van der Waals surface area contributed by atoms with E-state index in [2.05, 4.69) is 15.5 Å². The van der Waals surface area contributed by atoms with Crippen molar-refractivity contribution in [3.8, 4) is 0 Å². The highest BCUT2D eigenvalue weighted by molar-refractivity contribution is 7.23. The number of nitrogens with zero attached hydrogens (tertiary/aromatic N) is 4. The molecule has 12 nitrogen and oxygen atoms in total. The van der Waals surface area contributed by atoms with Crippen molar-refractivity contribution in [2.45, 2.75) is 109 Å². The second-order valence-corrected chi connectivity index (χ2v) is 17.1. The van der Waals surface area contributed by atoms with Crippen LogP contribution in [0.5, 0.6) is 0 Å². The number of ether oxygens (including phenoxy) is 1. The Hall–Kier alpha value is -4.56. The van der Waals surface area contributed by atoms with Gasteiger partial charge in [-0.3, -0.25) is 9.59 Å². The molecule has 2 aliphatic rings. The molecule has 4 aromatic heterocycles. The molecule has 14 heteroatoms. The van der Waals surface area contributed by atoms with Crippen LogP contribution in [0.3, 0.4) is 0 Å². The Morgan fingerprint density at radius 2 is 1.39 bits per heavy atom. The maximum atomic E-state index is 13.0. The lowest BCUT2D eigenvalue weighted by Crippen LogP contribution is -2.42. The molecule has 0 radical (unpaired) electrons. The summed E-state index contributed by atoms with van der Waals surface area (Å²) in [6.07, 6.45) is 2.03. The van der Waals surface area contributed by atoms with E-state index in [4.69, 9.17) is 10.5 Å². The Labute approximate surface area is 303 Å². The molecule has 270 valence electrons. The normalized spacial score (nSPS) is 15.9. The van der Waals surface area contributed by atoms with E-state index < -0.39 is 22.6 Å². The van der Waals surface area contributed by atoms with Gasteiger partial charge in [-0.1, -0.05) is 58.0 Å². The van der Waals surface area contributed by atoms with Crippen LogP contribution in [0, 0.1) is 0 Å². The van der Waals surface area contributed by atoms with Crippen molar-refractivity contribution >= 4 is 64.8 Å². The Bertz CT molecular complexity index is 2250. The van der Waals surface area contributed by atoms with E-state index in [1.54, 1.807) is 6.07 Å². The molecule has 2 fully saturated rings. The summed E-state index contributed by atoms with van der Waals surface area (Å²) in [5.41, 5.74) is 5.28. The number of aliphatic carboxylic acids is 1. The summed E-state index contributed by atoms with van der Waals surface area (Å²) in [6, 6.07) is 13.8. The predicted octanol–water partition coefficient (Wildman–Crippen LogP) is 6.76. The Morgan fingerprint density at radius 3 is 1.88 bits per heavy atom. The highest BCUT2D eigenvalue weighted by Gasteiger charge is 2.57. The summed E-state index contributed by atoms with van der Waals surface area (Å²) < 4.78 is 9.21. The van der Waals surface area contributed by atoms with Crippen LogP contribution in [0.1, 0.15) is 103 Å². The van der Waals surface area contributed by atoms with Crippen LogP contribution in [0.25, 0.3) is 20.2 Å². The molecule has 0 spiro atoms. The average Bonchev–Trinajstić information content (AvgIpc) is 3.96. The van der Waals surface area contributed by atoms with Gasteiger partial charge in [-0.25, -0.2) is 19.0 Å². The third-order valence-corrected chi connectivity index (χ3v) is 11.1. The molecule has 0 aliphatic heterocycles. The van der Waals surface area contributed by atoms with E-state index >= 15 is 0 Å². The van der Waals surface area contributed by atoms with Gasteiger partial charge in [-0.2, -0.15) is 10.2 Å². The molecule has 1 aromatic carbocycles. The van der Waals surface area contributed by atoms with E-state index in [1.165, 1.54) is 32.0 Å². The topological polar surface area (TPSA) is 171 Å². The molecule has 4 heterocycles. The van der Waals surface area contributed by atoms with Crippen LogP contribution < -0.4 is 22.2 Å². The second-order valence-electron chi connectivity index (χ2n) is 15.0. The maximum absolute atomic E-state index is 13.0. The molecule has 51 heavy (non-hydrogen) atoms. The van der Waals surface area contributed by atoms with Crippen molar-refractivity contribution in [1.29, 1.82) is 0 Å². The molecular formula is C37H44N6O6S2. The largest absolute Gasteiger partial charge is 0.479 e. The lowest BCUT2D eigenvalue weighted by Gasteiger charge is -2.25. The van der Waals surface area contributed by atoms with E-state index in [-0.39, 0.29) is 28.9 Å². The zero-order valence-corrected chi connectivity index (χ0v) is 31.5. The molecule has 0 saturated heterocycles. The molecule has 0 bridgehead atoms. The molecule has 0 amide bonds. The number of rotatable bonds is 9. The van der Waals surface area contributed by atoms with Gasteiger partial charge in [0.1, 0.15) is 15.0 Å². The van der Waals surface area contributed by atoms with Crippen molar-refractivity contribution < 1.29 is 19.4 Å². The minimum Gasteiger partial charge on any atom is -0.479 e. The maximum Gasteiger partial charge on any atom is 0.334 e. The van der Waals surface area contributed by atoms with Crippen molar-refractivity contribution in [3.05, 3.63) is 80.1 Å². The molecule has 0 unspecified atom stereocenters. The fourth-order valence-electron chi connectivity index (χ4n) is 6.04. The summed E-state index contributed by atoms with van der Waals surface area (Å²) in [5, 5.41) is 25.1. The Kier molecular flexibility index (Phi) is 9.38. The van der Waals surface area contributed by atoms with Crippen LogP contribution in [-0.2, 0) is 31.9 Å². The lowest BCUT2D eigenvalue weighted by molar-refractivity contribution is -0.161. The van der Waals surface area contributed by atoms with E-state index in [0.717, 1.165) is 32.7 Å². The number of hydrogen-bond donors (Lipinski definition) is 3. The lowest BCUT2D eigenvalue weighted by atomic mass is 10.1. The van der Waals surface area contributed by atoms with Crippen LogP contribution in [-0.4, -0.2) is 42.2 Å². The number of carboxylic acid groups (broad SMARTS) is 1. The first-order valence-corrected chi connectivity index (χ1v) is 18.8. The standard InChI is InChI=1S/C20H21N3O3S.C17H23N3O3S/c1-12(2)16-14-10-15(21-11-13-6-4-3-5-7-13)27-17(14)18(24)23(22-16)20(8-9-20)19(25)26;1-9(2)12-10-8-11(18)24-13(10)14(21)20(19-12)17(6-7-17)15(22)23-16(3,4)5/h3-7,10,12,21H,8-9,11H2,1-2H3,(H,25,26);8-9H,6-7,18H2,1-5H3. The van der Waals surface area contributed by atoms with Crippen LogP contribution in [0.15, 0.2) is 52.1 Å². The van der Waals surface area contributed by atoms with Crippen molar-refractivity contribution in [2.24, 2.45) is 0 Å². The minimum atomic E-state index is -1.17. The van der Waals surface area contributed by atoms with Gasteiger partial charge in [0, 0.05) is 17.3 Å². The number of carbonyl (C=O) groups excluding carboxylic acids is 1. The summed E-state index contributed by atoms with van der Waals surface area (Å²) >= 11 is 2.61. The minimum absolute atomic E-state index is 0.0838. The number of esters is 1. The third kappa shape index (κ3) is 6.90. The average molecular weight is 733 g/mol. The number of nitrogens with two attached hydrogens (primary N) is 1. The molecule has 2 aliphatic carbocycles. The summed E-state index contributed by atoms with van der Waals surface area (Å²) in [5.74, 6) is -1.17. The summed E-state index contributed by atoms with van der Waals surface area (Å²) in [7, 11) is 0. The van der Waals surface area contributed by atoms with Gasteiger partial charge in [-0.05, 0) is 76.0 Å². The first-order chi connectivity index (χ1) is 24.0. The van der Waals surface area contributed by atoms with Crippen molar-refractivity contribution in [2.75, 3.05) is 11.1 Å². The predicted molar refractivity (Wildman–Crippen MR) is 202 cm³/mol. The van der Waals surface area contributed by atoms with Gasteiger partial charge in [0.2, 0.25) is 0 Å². The van der Waals surface area contributed by atoms with E-state index in [1.807, 2.05) is 84.9 Å². The van der Waals surface area contributed by atoms with Crippen molar-refractivity contribution in [1.82, 2.24) is 19.6 Å². The van der Waals surface area contributed by atoms with Gasteiger partial charge >= 0.3 is 11.9 Å². The van der Waals surface area contributed by atoms with Gasteiger partial charge in [0.25, 0.3) is 11.1 Å². The number of fused-ring (bicyclic) bond motifs is 2. The fraction of sp³-hybridized carbons (Fsp3) is 0.459. The zero-order valence-electron chi connectivity index (χ0n) is 29.9. The number of thiophene rings is 2. The Balaban J connectivity index is 0.000000177. The fourth-order valence-corrected chi connectivity index (χ4v) is 7.89. The highest BCUT2D eigenvalue weighted by atomic mass is 32.1. The molecule has 4 N–H and O–H groups in total. The Morgan fingerprint density at radius 1 is 0.882 bits per heavy atom. The molecule has 2 saturated carbocycles. The monoisotopic (exact) mass is 732 g/mol. The summed E-state index contributed by atoms with van der Waals surface area (Å²) in [4.78, 5) is 50.3. The highest BCUT2D eigenvalue weighted by Crippen LogP contribution is 2.45. The van der Waals surface area contributed by atoms with Crippen LogP contribution in [0.2, 0.25) is 0 Å². The number of aromatic nitrogens is 4. The van der Waals surface area contributed by atoms with Gasteiger partial charge < -0.3 is 20.9 Å². The number of nitrogen functional groups attached to an aromatic ring is 1. The van der Waals surface area contributed by atoms with Gasteiger partial charge in [-0.15, -0.1) is 22.7 Å². The first-order valence-electron chi connectivity index (χ1n) is 17.1. The SMILES string of the molecule is CC(C)c1nn(C2(C(=O)O)CC2)c(=O)c2sc(NCc3ccccc3)cc12.CC(C)c1nn(C2(C(=O)OC(C)(C)C)CC2)c(=O)c2sc(N)cc12. The van der Waals surface area contributed by atoms with Crippen LogP contribution >= 0.6 is 22.7 Å². The van der Waals surface area contributed by atoms with E-state index in [9.17, 15) is 24.3 Å². The third-order valence-electron chi connectivity index (χ3n) is 9.06. The number of hydrogen-bond acceptors (Lipinski definition) is 11. The van der Waals surface area contributed by atoms with Crippen molar-refractivity contribution in [3.63, 3.8) is 0 Å². The summed E-state index contributed by atoms with van der Waals surface area (Å²) in [6.45, 7) is 14.2. The number of carboxylic acids is 1. The number of nitrogens with one attached hydrogen (secondary N) is 1. The molecule has 7 rings (SSSR count). The number of carbonyl (C=O) groups is 2. The molecule has 0 atom stereocenters. The number of anilines is 2. The quantitative estimate of drug-likeness (QED) is 0.138. The van der Waals surface area contributed by atoms with Gasteiger partial charge in [0.05, 0.1) is 21.4 Å². The smallest absolute Gasteiger partial charge is 0.334 e. The molecule has 5 aromatic rings. The van der Waals surface area contributed by atoms with Gasteiger partial charge in [0.15, 0.2) is 11.1 Å². The first kappa shape index (κ1) is 36.2. The second kappa shape index (κ2) is 13.2. The van der Waals surface area contributed by atoms with E-state index in [0.29, 0.717) is 46.6 Å². The number of benzene rings is 1.